The van der Waals surface area contributed by atoms with E-state index >= 15 is 0 Å². The Bertz CT molecular complexity index is 3380. The van der Waals surface area contributed by atoms with Gasteiger partial charge in [0.05, 0.1) is 38.3 Å². The molecule has 0 saturated carbocycles. The molecule has 1 heterocycles. The van der Waals surface area contributed by atoms with Gasteiger partial charge in [0.1, 0.15) is 16.3 Å². The Kier molecular flexibility index (Phi) is 16.1. The Hall–Kier alpha value is -6.01. The zero-order valence-corrected chi connectivity index (χ0v) is 37.5. The molecule has 357 valence electrons. The van der Waals surface area contributed by atoms with Gasteiger partial charge in [-0.25, -0.2) is 17.4 Å². The third-order valence-corrected chi connectivity index (χ3v) is 12.6. The van der Waals surface area contributed by atoms with E-state index in [1.165, 1.54) is 24.3 Å². The SMILES string of the molecule is O=C(O)c1ccc(S(=O)(=O)O)cc1N=NC(=N[N-]c1cc(S(=O)(=O)O)ccc1O)c1cccc(Nc2nc(Cl)nc(Nc3cc(S(=O)(=O)CCOS(=O)(=O)O)cc(S(=O)(=O)O)c3O)n2)c1.[Cu]. The number of azo groups is 1. The molecular formula is C31H25ClCuN9O19S5-. The van der Waals surface area contributed by atoms with Gasteiger partial charge in [-0.15, -0.1) is 10.2 Å². The maximum absolute atomic E-state index is 12.9. The first-order valence-electron chi connectivity index (χ1n) is 16.6. The molecular weight excluding hydrogens is 1060 g/mol. The minimum atomic E-state index is -5.36. The van der Waals surface area contributed by atoms with Crippen molar-refractivity contribution < 1.29 is 102 Å². The van der Waals surface area contributed by atoms with Crippen LogP contribution in [-0.4, -0.2) is 115 Å². The summed E-state index contributed by atoms with van der Waals surface area (Å²) in [6, 6.07) is 10.8. The maximum Gasteiger partial charge on any atom is 0.397 e. The van der Waals surface area contributed by atoms with Crippen molar-refractivity contribution in [1.29, 1.82) is 0 Å². The molecule has 1 radical (unpaired) electrons. The van der Waals surface area contributed by atoms with E-state index < -0.39 is 146 Å². The van der Waals surface area contributed by atoms with Crippen LogP contribution in [0.5, 0.6) is 11.5 Å². The number of benzene rings is 4. The topological polar surface area (TPSA) is 453 Å². The summed E-state index contributed by atoms with van der Waals surface area (Å²) in [5.74, 6) is -6.31. The molecule has 5 rings (SSSR count). The molecule has 0 aliphatic heterocycles. The number of phenolic OH excluding ortho intramolecular Hbond substituents is 2. The number of carboxylic acids is 1. The van der Waals surface area contributed by atoms with E-state index in [1.54, 1.807) is 0 Å². The van der Waals surface area contributed by atoms with Gasteiger partial charge in [0.25, 0.3) is 30.4 Å². The summed E-state index contributed by atoms with van der Waals surface area (Å²) in [6.07, 6.45) is 0. The zero-order chi connectivity index (χ0) is 48.3. The molecule has 0 bridgehead atoms. The van der Waals surface area contributed by atoms with Crippen LogP contribution in [0.2, 0.25) is 5.28 Å². The van der Waals surface area contributed by atoms with Gasteiger partial charge in [-0.3, -0.25) is 18.2 Å². The molecule has 4 aromatic carbocycles. The molecule has 28 nitrogen and oxygen atoms in total. The summed E-state index contributed by atoms with van der Waals surface area (Å²) in [7, 11) is -24.8. The maximum atomic E-state index is 12.9. The van der Waals surface area contributed by atoms with Crippen LogP contribution in [0, 0.1) is 0 Å². The first kappa shape index (κ1) is 52.6. The molecule has 0 aliphatic carbocycles. The van der Waals surface area contributed by atoms with Crippen LogP contribution in [0.1, 0.15) is 15.9 Å². The molecule has 5 aromatic rings. The van der Waals surface area contributed by atoms with E-state index in [0.717, 1.165) is 30.3 Å². The molecule has 0 atom stereocenters. The molecule has 35 heteroatoms. The largest absolute Gasteiger partial charge is 0.571 e. The number of hydrogen-bond acceptors (Lipinski definition) is 21. The number of aromatic carboxylic acids is 1. The quantitative estimate of drug-likeness (QED) is 0.0122. The Morgan fingerprint density at radius 2 is 1.36 bits per heavy atom. The summed E-state index contributed by atoms with van der Waals surface area (Å²) in [5, 5.41) is 46.6. The normalized spacial score (nSPS) is 12.7. The number of sulfone groups is 1. The summed E-state index contributed by atoms with van der Waals surface area (Å²) >= 11 is 6.08. The van der Waals surface area contributed by atoms with Crippen molar-refractivity contribution in [2.24, 2.45) is 15.3 Å². The number of hydrogen-bond donors (Lipinski definition) is 9. The summed E-state index contributed by atoms with van der Waals surface area (Å²) in [4.78, 5) is 19.8. The number of nitrogens with zero attached hydrogens (tertiary/aromatic N) is 7. The van der Waals surface area contributed by atoms with Crippen LogP contribution in [0.4, 0.5) is 34.6 Å². The third-order valence-electron chi connectivity index (χ3n) is 7.75. The molecule has 0 fully saturated rings. The van der Waals surface area contributed by atoms with Crippen molar-refractivity contribution >= 4 is 109 Å². The van der Waals surface area contributed by atoms with Crippen molar-refractivity contribution in [2.45, 2.75) is 19.6 Å². The van der Waals surface area contributed by atoms with Crippen molar-refractivity contribution in [2.75, 3.05) is 23.0 Å². The molecule has 9 N–H and O–H groups in total. The number of amidine groups is 1. The Morgan fingerprint density at radius 1 is 0.742 bits per heavy atom. The molecule has 66 heavy (non-hydrogen) atoms. The van der Waals surface area contributed by atoms with E-state index in [-0.39, 0.29) is 28.3 Å². The minimum absolute atomic E-state index is 0. The molecule has 1 aromatic heterocycles. The predicted octanol–water partition coefficient (Wildman–Crippen LogP) is 3.60. The standard InChI is InChI=1S/C31H26ClN9O19S5.Cu/c32-29-35-30(37-31(36-29)34-23-13-19(14-25(26(23)43)64(54,55)56)61(46,47)9-8-60-65(57,58)59)33-16-3-1-2-15(10-16)27(41-39-22-12-18(63(51,52)53)5-7-24(22)42)40-38-21-11-17(62(48,49)50)4-6-20(21)28(44)45;/h1-7,10-14H,8-9H2,(H10,33,34,35,36,37,38,39,40,41,42,43,44,45,48,49,50,51,52,53,54,55,56,57,58,59);/p-1. The van der Waals surface area contributed by atoms with Gasteiger partial charge in [-0.2, -0.15) is 48.6 Å². The van der Waals surface area contributed by atoms with Crippen LogP contribution in [0.3, 0.4) is 0 Å². The molecule has 0 spiro atoms. The van der Waals surface area contributed by atoms with Crippen molar-refractivity contribution in [3.05, 3.63) is 94.6 Å². The second-order valence-electron chi connectivity index (χ2n) is 12.3. The van der Waals surface area contributed by atoms with Gasteiger partial charge in [0.2, 0.25) is 17.2 Å². The average Bonchev–Trinajstić information content (AvgIpc) is 3.17. The van der Waals surface area contributed by atoms with E-state index in [0.29, 0.717) is 18.2 Å². The minimum Gasteiger partial charge on any atom is -0.571 e. The first-order valence-corrected chi connectivity index (χ1v) is 24.3. The zero-order valence-electron chi connectivity index (χ0n) is 31.7. The molecule has 0 saturated heterocycles. The first-order chi connectivity index (χ1) is 30.0. The van der Waals surface area contributed by atoms with Gasteiger partial charge in [0.15, 0.2) is 21.4 Å². The van der Waals surface area contributed by atoms with Crippen LogP contribution >= 0.6 is 11.6 Å². The van der Waals surface area contributed by atoms with Crippen LogP contribution in [0.25, 0.3) is 5.43 Å². The van der Waals surface area contributed by atoms with Crippen LogP contribution in [-0.2, 0) is 71.8 Å². The monoisotopic (exact) mass is 1080 g/mol. The number of halogens is 1. The van der Waals surface area contributed by atoms with Crippen LogP contribution < -0.4 is 10.6 Å². The fourth-order valence-corrected chi connectivity index (χ4v) is 8.28. The van der Waals surface area contributed by atoms with E-state index in [4.69, 9.17) is 16.2 Å². The summed E-state index contributed by atoms with van der Waals surface area (Å²) in [5.41, 5.74) is 1.13. The third kappa shape index (κ3) is 14.0. The fourth-order valence-electron chi connectivity index (χ4n) is 4.89. The Morgan fingerprint density at radius 3 is 1.97 bits per heavy atom. The summed E-state index contributed by atoms with van der Waals surface area (Å²) < 4.78 is 160. The number of anilines is 4. The molecule has 0 amide bonds. The number of carbonyl (C=O) groups is 1. The number of aromatic hydroxyl groups is 2. The van der Waals surface area contributed by atoms with Crippen molar-refractivity contribution in [3.8, 4) is 11.5 Å². The Balaban J connectivity index is 0.00000952. The van der Waals surface area contributed by atoms with E-state index in [2.05, 4.69) is 50.5 Å². The van der Waals surface area contributed by atoms with Gasteiger partial charge in [-0.1, -0.05) is 23.9 Å². The van der Waals surface area contributed by atoms with Gasteiger partial charge < -0.3 is 36.5 Å². The number of nitrogens with one attached hydrogen (secondary N) is 2. The van der Waals surface area contributed by atoms with Crippen molar-refractivity contribution in [3.63, 3.8) is 0 Å². The number of aromatic nitrogens is 3. The average molecular weight is 1090 g/mol. The number of phenols is 2. The van der Waals surface area contributed by atoms with Gasteiger partial charge in [0, 0.05) is 28.3 Å². The number of rotatable bonds is 17. The molecule has 0 unspecified atom stereocenters. The second kappa shape index (κ2) is 20.2. The van der Waals surface area contributed by atoms with E-state index in [9.17, 15) is 75.9 Å². The summed E-state index contributed by atoms with van der Waals surface area (Å²) in [6.45, 7) is -1.14. The van der Waals surface area contributed by atoms with E-state index in [1.807, 2.05) is 0 Å². The fraction of sp³-hybridized carbons (Fsp3) is 0.0645. The van der Waals surface area contributed by atoms with Gasteiger partial charge >= 0.3 is 16.4 Å². The smallest absolute Gasteiger partial charge is 0.397 e. The number of carboxylic acid groups (broad SMARTS) is 1. The predicted molar refractivity (Wildman–Crippen MR) is 221 cm³/mol. The second-order valence-corrected chi connectivity index (χ2v) is 20.0. The van der Waals surface area contributed by atoms with Gasteiger partial charge in [-0.05, 0) is 66.2 Å². The van der Waals surface area contributed by atoms with Crippen molar-refractivity contribution in [1.82, 2.24) is 15.0 Å². The molecule has 0 aliphatic rings. The Labute approximate surface area is 387 Å². The van der Waals surface area contributed by atoms with Crippen LogP contribution in [0.15, 0.2) is 108 Å².